The number of phenols is 1. The van der Waals surface area contributed by atoms with Gasteiger partial charge in [-0.2, -0.15) is 0 Å². The maximum Gasteiger partial charge on any atom is 0.115 e. The number of benzene rings is 1. The van der Waals surface area contributed by atoms with E-state index in [9.17, 15) is 5.11 Å². The smallest absolute Gasteiger partial charge is 0.115 e. The molecule has 1 atom stereocenters. The average molecular weight is 207 g/mol. The highest BCUT2D eigenvalue weighted by molar-refractivity contribution is 5.27. The quantitative estimate of drug-likeness (QED) is 0.777. The molecule has 0 bridgehead atoms. The lowest BCUT2D eigenvalue weighted by Gasteiger charge is -2.19. The van der Waals surface area contributed by atoms with Gasteiger partial charge in [0, 0.05) is 6.04 Å². The summed E-state index contributed by atoms with van der Waals surface area (Å²) in [6, 6.07) is 8.06. The highest BCUT2D eigenvalue weighted by Gasteiger charge is 2.10. The molecule has 2 nitrogen and oxygen atoms in total. The van der Waals surface area contributed by atoms with Crippen LogP contribution in [-0.4, -0.2) is 18.2 Å². The second-order valence-electron chi connectivity index (χ2n) is 4.35. The number of nitrogens with one attached hydrogen (secondary N) is 1. The summed E-state index contributed by atoms with van der Waals surface area (Å²) in [6.07, 6.45) is 2.12. The Morgan fingerprint density at radius 1 is 1.33 bits per heavy atom. The molecule has 0 aliphatic carbocycles. The Bertz CT molecular complexity index is 296. The molecule has 0 fully saturated rings. The first-order chi connectivity index (χ1) is 7.13. The predicted molar refractivity (Wildman–Crippen MR) is 64.1 cm³/mol. The van der Waals surface area contributed by atoms with Crippen molar-refractivity contribution in [2.75, 3.05) is 7.05 Å². The molecule has 0 saturated heterocycles. The summed E-state index contributed by atoms with van der Waals surface area (Å²) in [5.41, 5.74) is 1.20. The lowest BCUT2D eigenvalue weighted by Crippen LogP contribution is -2.30. The van der Waals surface area contributed by atoms with E-state index in [1.165, 1.54) is 5.56 Å². The van der Waals surface area contributed by atoms with E-state index in [1.807, 2.05) is 19.2 Å². The summed E-state index contributed by atoms with van der Waals surface area (Å²) in [5, 5.41) is 12.7. The van der Waals surface area contributed by atoms with Crippen molar-refractivity contribution < 1.29 is 5.11 Å². The SMILES string of the molecule is CNC(CCc1cccc(O)c1)C(C)C. The summed E-state index contributed by atoms with van der Waals surface area (Å²) in [7, 11) is 2.01. The Balaban J connectivity index is 2.49. The molecule has 0 amide bonds. The molecule has 0 spiro atoms. The number of aryl methyl sites for hydroxylation is 1. The van der Waals surface area contributed by atoms with Crippen LogP contribution in [0.3, 0.4) is 0 Å². The van der Waals surface area contributed by atoms with Gasteiger partial charge < -0.3 is 10.4 Å². The molecule has 1 rings (SSSR count). The molecule has 2 heteroatoms. The molecule has 1 aromatic rings. The third-order valence-electron chi connectivity index (χ3n) is 2.83. The summed E-state index contributed by atoms with van der Waals surface area (Å²) in [6.45, 7) is 4.45. The van der Waals surface area contributed by atoms with Crippen molar-refractivity contribution in [1.82, 2.24) is 5.32 Å². The van der Waals surface area contributed by atoms with E-state index < -0.39 is 0 Å². The van der Waals surface area contributed by atoms with Gasteiger partial charge in [-0.25, -0.2) is 0 Å². The van der Waals surface area contributed by atoms with Crippen LogP contribution < -0.4 is 5.32 Å². The molecule has 15 heavy (non-hydrogen) atoms. The lowest BCUT2D eigenvalue weighted by atomic mass is 9.97. The number of hydrogen-bond donors (Lipinski definition) is 2. The first-order valence-electron chi connectivity index (χ1n) is 5.58. The molecule has 1 unspecified atom stereocenters. The van der Waals surface area contributed by atoms with Gasteiger partial charge in [0.2, 0.25) is 0 Å². The van der Waals surface area contributed by atoms with E-state index in [-0.39, 0.29) is 0 Å². The molecule has 0 aliphatic heterocycles. The third kappa shape index (κ3) is 3.92. The minimum absolute atomic E-state index is 0.359. The number of hydrogen-bond acceptors (Lipinski definition) is 2. The minimum Gasteiger partial charge on any atom is -0.508 e. The van der Waals surface area contributed by atoms with Gasteiger partial charge in [-0.3, -0.25) is 0 Å². The Hall–Kier alpha value is -1.02. The molecule has 0 aromatic heterocycles. The highest BCUT2D eigenvalue weighted by atomic mass is 16.3. The van der Waals surface area contributed by atoms with Crippen molar-refractivity contribution >= 4 is 0 Å². The molecule has 0 heterocycles. The molecule has 0 radical (unpaired) electrons. The van der Waals surface area contributed by atoms with Crippen LogP contribution in [-0.2, 0) is 6.42 Å². The highest BCUT2D eigenvalue weighted by Crippen LogP contribution is 2.15. The maximum atomic E-state index is 9.33. The Kier molecular flexibility index (Phi) is 4.63. The van der Waals surface area contributed by atoms with Crippen LogP contribution in [0.1, 0.15) is 25.8 Å². The van der Waals surface area contributed by atoms with Gasteiger partial charge in [0.05, 0.1) is 0 Å². The Morgan fingerprint density at radius 2 is 2.07 bits per heavy atom. The van der Waals surface area contributed by atoms with E-state index >= 15 is 0 Å². The summed E-state index contributed by atoms with van der Waals surface area (Å²) in [4.78, 5) is 0. The van der Waals surface area contributed by atoms with Crippen LogP contribution >= 0.6 is 0 Å². The number of rotatable bonds is 5. The lowest BCUT2D eigenvalue weighted by molar-refractivity contribution is 0.402. The maximum absolute atomic E-state index is 9.33. The fraction of sp³-hybridized carbons (Fsp3) is 0.538. The summed E-state index contributed by atoms with van der Waals surface area (Å²) in [5.74, 6) is 1.00. The fourth-order valence-corrected chi connectivity index (χ4v) is 1.85. The second-order valence-corrected chi connectivity index (χ2v) is 4.35. The van der Waals surface area contributed by atoms with Crippen LogP contribution in [0.5, 0.6) is 5.75 Å². The molecule has 84 valence electrons. The molecule has 0 saturated carbocycles. The second kappa shape index (κ2) is 5.76. The zero-order valence-electron chi connectivity index (χ0n) is 9.83. The summed E-state index contributed by atoms with van der Waals surface area (Å²) < 4.78 is 0. The molecular weight excluding hydrogens is 186 g/mol. The fourth-order valence-electron chi connectivity index (χ4n) is 1.85. The summed E-state index contributed by atoms with van der Waals surface area (Å²) >= 11 is 0. The third-order valence-corrected chi connectivity index (χ3v) is 2.83. The van der Waals surface area contributed by atoms with E-state index in [2.05, 4.69) is 25.2 Å². The van der Waals surface area contributed by atoms with Crippen molar-refractivity contribution in [3.63, 3.8) is 0 Å². The first-order valence-corrected chi connectivity index (χ1v) is 5.58. The molecule has 0 aliphatic rings. The van der Waals surface area contributed by atoms with Gasteiger partial charge >= 0.3 is 0 Å². The van der Waals surface area contributed by atoms with Gasteiger partial charge in [0.25, 0.3) is 0 Å². The van der Waals surface area contributed by atoms with Crippen LogP contribution in [0.15, 0.2) is 24.3 Å². The molecular formula is C13H21NO. The van der Waals surface area contributed by atoms with Crippen LogP contribution in [0.2, 0.25) is 0 Å². The number of aromatic hydroxyl groups is 1. The van der Waals surface area contributed by atoms with Crippen LogP contribution in [0.25, 0.3) is 0 Å². The zero-order valence-corrected chi connectivity index (χ0v) is 9.83. The minimum atomic E-state index is 0.359. The first kappa shape index (κ1) is 12.1. The Labute approximate surface area is 92.3 Å². The van der Waals surface area contributed by atoms with Crippen molar-refractivity contribution in [2.45, 2.75) is 32.7 Å². The molecule has 1 aromatic carbocycles. The monoisotopic (exact) mass is 207 g/mol. The standard InChI is InChI=1S/C13H21NO/c1-10(2)13(14-3)8-7-11-5-4-6-12(15)9-11/h4-6,9-10,13-15H,7-8H2,1-3H3. The van der Waals surface area contributed by atoms with Gasteiger partial charge in [0.1, 0.15) is 5.75 Å². The van der Waals surface area contributed by atoms with Crippen LogP contribution in [0.4, 0.5) is 0 Å². The largest absolute Gasteiger partial charge is 0.508 e. The van der Waals surface area contributed by atoms with E-state index in [1.54, 1.807) is 6.07 Å². The van der Waals surface area contributed by atoms with E-state index in [4.69, 9.17) is 0 Å². The normalized spacial score (nSPS) is 13.1. The van der Waals surface area contributed by atoms with Gasteiger partial charge in [0.15, 0.2) is 0 Å². The van der Waals surface area contributed by atoms with Gasteiger partial charge in [-0.1, -0.05) is 26.0 Å². The molecule has 2 N–H and O–H groups in total. The Morgan fingerprint density at radius 3 is 2.60 bits per heavy atom. The van der Waals surface area contributed by atoms with E-state index in [0.29, 0.717) is 17.7 Å². The van der Waals surface area contributed by atoms with Gasteiger partial charge in [-0.15, -0.1) is 0 Å². The van der Waals surface area contributed by atoms with Crippen LogP contribution in [0, 0.1) is 5.92 Å². The predicted octanol–water partition coefficient (Wildman–Crippen LogP) is 2.57. The van der Waals surface area contributed by atoms with Crippen molar-refractivity contribution in [1.29, 1.82) is 0 Å². The average Bonchev–Trinajstić information content (AvgIpc) is 2.18. The van der Waals surface area contributed by atoms with Crippen molar-refractivity contribution in [3.8, 4) is 5.75 Å². The topological polar surface area (TPSA) is 32.3 Å². The van der Waals surface area contributed by atoms with E-state index in [0.717, 1.165) is 12.8 Å². The zero-order chi connectivity index (χ0) is 11.3. The number of phenolic OH excluding ortho intramolecular Hbond substituents is 1. The van der Waals surface area contributed by atoms with Crippen molar-refractivity contribution in [3.05, 3.63) is 29.8 Å². The van der Waals surface area contributed by atoms with Gasteiger partial charge in [-0.05, 0) is 43.5 Å². The van der Waals surface area contributed by atoms with Crippen molar-refractivity contribution in [2.24, 2.45) is 5.92 Å².